The van der Waals surface area contributed by atoms with Crippen LogP contribution in [0.15, 0.2) is 48.5 Å². The Morgan fingerprint density at radius 2 is 0.926 bits per heavy atom. The Kier molecular flexibility index (Phi) is 6.04. The van der Waals surface area contributed by atoms with E-state index in [1.54, 1.807) is 0 Å². The Bertz CT molecular complexity index is 823. The van der Waals surface area contributed by atoms with E-state index in [4.69, 9.17) is 23.7 Å². The van der Waals surface area contributed by atoms with Crippen LogP contribution in [-0.2, 0) is 14.2 Å². The lowest BCUT2D eigenvalue weighted by Crippen LogP contribution is -2.14. The molecule has 4 rings (SSSR count). The van der Waals surface area contributed by atoms with Crippen molar-refractivity contribution in [1.29, 1.82) is 0 Å². The third-order valence-electron chi connectivity index (χ3n) is 4.51. The molecule has 0 aromatic heterocycles. The third-order valence-corrected chi connectivity index (χ3v) is 4.51. The van der Waals surface area contributed by atoms with Crippen LogP contribution in [0.2, 0.25) is 0 Å². The van der Waals surface area contributed by atoms with Crippen molar-refractivity contribution < 1.29 is 23.7 Å². The van der Waals surface area contributed by atoms with Gasteiger partial charge in [0.2, 0.25) is 0 Å². The number of benzene rings is 3. The van der Waals surface area contributed by atoms with Gasteiger partial charge in [-0.25, -0.2) is 0 Å². The number of hydrogen-bond donors (Lipinski definition) is 0. The summed E-state index contributed by atoms with van der Waals surface area (Å²) in [5, 5.41) is 4.43. The van der Waals surface area contributed by atoms with E-state index in [1.807, 2.05) is 24.3 Å². The molecule has 1 heterocycles. The van der Waals surface area contributed by atoms with Crippen molar-refractivity contribution >= 4 is 21.5 Å². The zero-order valence-electron chi connectivity index (χ0n) is 15.3. The zero-order valence-corrected chi connectivity index (χ0v) is 15.3. The van der Waals surface area contributed by atoms with Crippen LogP contribution in [0, 0.1) is 0 Å². The summed E-state index contributed by atoms with van der Waals surface area (Å²) in [7, 11) is 0. The van der Waals surface area contributed by atoms with Gasteiger partial charge in [0.25, 0.3) is 0 Å². The van der Waals surface area contributed by atoms with Crippen LogP contribution in [0.3, 0.4) is 0 Å². The molecule has 3 aromatic carbocycles. The molecule has 1 aliphatic heterocycles. The molecule has 27 heavy (non-hydrogen) atoms. The molecule has 0 saturated carbocycles. The highest BCUT2D eigenvalue weighted by molar-refractivity contribution is 6.03. The molecule has 0 N–H and O–H groups in total. The van der Waals surface area contributed by atoms with E-state index < -0.39 is 0 Å². The monoisotopic (exact) mass is 368 g/mol. The van der Waals surface area contributed by atoms with Gasteiger partial charge in [-0.3, -0.25) is 0 Å². The first-order chi connectivity index (χ1) is 13.4. The van der Waals surface area contributed by atoms with Crippen LogP contribution in [0.25, 0.3) is 21.5 Å². The molecule has 0 amide bonds. The van der Waals surface area contributed by atoms with Crippen molar-refractivity contribution in [3.8, 4) is 11.5 Å². The predicted octanol–water partition coefficient (Wildman–Crippen LogP) is 3.81. The lowest BCUT2D eigenvalue weighted by atomic mass is 10.0. The van der Waals surface area contributed by atoms with Crippen molar-refractivity contribution in [2.45, 2.75) is 0 Å². The van der Waals surface area contributed by atoms with Crippen LogP contribution in [0.1, 0.15) is 0 Å². The van der Waals surface area contributed by atoms with E-state index in [-0.39, 0.29) is 0 Å². The summed E-state index contributed by atoms with van der Waals surface area (Å²) >= 11 is 0. The normalized spacial score (nSPS) is 17.3. The van der Waals surface area contributed by atoms with Gasteiger partial charge in [-0.05, 0) is 35.0 Å². The first-order valence-corrected chi connectivity index (χ1v) is 9.36. The Labute approximate surface area is 158 Å². The van der Waals surface area contributed by atoms with E-state index in [0.717, 1.165) is 33.0 Å². The van der Waals surface area contributed by atoms with E-state index in [0.29, 0.717) is 52.9 Å². The van der Waals surface area contributed by atoms with Crippen molar-refractivity contribution in [1.82, 2.24) is 0 Å². The SMILES string of the molecule is c1cc2c3cc4c(cccc4cc3c1)OCCOCCOCCOCCO2. The Balaban J connectivity index is 1.66. The molecule has 0 spiro atoms. The van der Waals surface area contributed by atoms with Gasteiger partial charge < -0.3 is 23.7 Å². The quantitative estimate of drug-likeness (QED) is 0.565. The predicted molar refractivity (Wildman–Crippen MR) is 105 cm³/mol. The summed E-state index contributed by atoms with van der Waals surface area (Å²) in [5.74, 6) is 1.71. The summed E-state index contributed by atoms with van der Waals surface area (Å²) in [5.41, 5.74) is 0. The molecule has 0 aliphatic carbocycles. The standard InChI is InChI=1S/C22H24O5/c1-3-17-15-18-4-2-6-22-20(18)16-19(17)21(5-1)26-13-11-24-9-7-23-8-10-25-12-14-27-22/h1-6,15-16H,7-14H2. The van der Waals surface area contributed by atoms with Gasteiger partial charge in [-0.2, -0.15) is 0 Å². The molecule has 1 aliphatic rings. The maximum Gasteiger partial charge on any atom is 0.127 e. The van der Waals surface area contributed by atoms with Crippen molar-refractivity contribution in [3.05, 3.63) is 48.5 Å². The fraction of sp³-hybridized carbons (Fsp3) is 0.364. The largest absolute Gasteiger partial charge is 0.491 e. The number of ether oxygens (including phenoxy) is 5. The molecule has 2 bridgehead atoms. The first-order valence-electron chi connectivity index (χ1n) is 9.36. The maximum atomic E-state index is 5.98. The molecule has 0 fully saturated rings. The summed E-state index contributed by atoms with van der Waals surface area (Å²) in [6, 6.07) is 16.5. The van der Waals surface area contributed by atoms with Crippen molar-refractivity contribution in [2.24, 2.45) is 0 Å². The molecule has 3 aromatic rings. The van der Waals surface area contributed by atoms with Crippen molar-refractivity contribution in [2.75, 3.05) is 52.9 Å². The minimum atomic E-state index is 0.498. The van der Waals surface area contributed by atoms with Gasteiger partial charge in [-0.15, -0.1) is 0 Å². The second-order valence-electron chi connectivity index (χ2n) is 6.34. The molecular weight excluding hydrogens is 344 g/mol. The Morgan fingerprint density at radius 3 is 1.41 bits per heavy atom. The fourth-order valence-corrected chi connectivity index (χ4v) is 3.21. The van der Waals surface area contributed by atoms with Gasteiger partial charge in [-0.1, -0.05) is 24.3 Å². The molecule has 142 valence electrons. The highest BCUT2D eigenvalue weighted by Crippen LogP contribution is 2.34. The van der Waals surface area contributed by atoms with E-state index in [1.165, 1.54) is 0 Å². The molecule has 5 nitrogen and oxygen atoms in total. The highest BCUT2D eigenvalue weighted by atomic mass is 16.6. The highest BCUT2D eigenvalue weighted by Gasteiger charge is 2.08. The molecule has 0 saturated heterocycles. The van der Waals surface area contributed by atoms with Gasteiger partial charge in [0.15, 0.2) is 0 Å². The maximum absolute atomic E-state index is 5.98. The minimum absolute atomic E-state index is 0.498. The second-order valence-corrected chi connectivity index (χ2v) is 6.34. The fourth-order valence-electron chi connectivity index (χ4n) is 3.21. The molecule has 0 unspecified atom stereocenters. The summed E-state index contributed by atoms with van der Waals surface area (Å²) in [4.78, 5) is 0. The van der Waals surface area contributed by atoms with E-state index in [2.05, 4.69) is 24.3 Å². The first kappa shape index (κ1) is 18.0. The zero-order chi connectivity index (χ0) is 18.3. The van der Waals surface area contributed by atoms with Crippen LogP contribution in [-0.4, -0.2) is 52.9 Å². The van der Waals surface area contributed by atoms with E-state index in [9.17, 15) is 0 Å². The van der Waals surface area contributed by atoms with E-state index >= 15 is 0 Å². The Morgan fingerprint density at radius 1 is 0.481 bits per heavy atom. The summed E-state index contributed by atoms with van der Waals surface area (Å²) < 4.78 is 28.6. The van der Waals surface area contributed by atoms with Gasteiger partial charge >= 0.3 is 0 Å². The van der Waals surface area contributed by atoms with Gasteiger partial charge in [0.1, 0.15) is 24.7 Å². The van der Waals surface area contributed by atoms with Crippen LogP contribution in [0.4, 0.5) is 0 Å². The van der Waals surface area contributed by atoms with Gasteiger partial charge in [0.05, 0.1) is 39.6 Å². The van der Waals surface area contributed by atoms with Crippen molar-refractivity contribution in [3.63, 3.8) is 0 Å². The summed E-state index contributed by atoms with van der Waals surface area (Å²) in [6.45, 7) is 4.26. The van der Waals surface area contributed by atoms with Crippen LogP contribution < -0.4 is 9.47 Å². The lowest BCUT2D eigenvalue weighted by molar-refractivity contribution is 0.00510. The Hall–Kier alpha value is -2.34. The second kappa shape index (κ2) is 9.04. The smallest absolute Gasteiger partial charge is 0.127 e. The van der Waals surface area contributed by atoms with Crippen LogP contribution >= 0.6 is 0 Å². The average Bonchev–Trinajstić information content (AvgIpc) is 2.69. The average molecular weight is 368 g/mol. The lowest BCUT2D eigenvalue weighted by Gasteiger charge is -2.14. The molecular formula is C22H24O5. The molecule has 0 radical (unpaired) electrons. The third kappa shape index (κ3) is 4.50. The minimum Gasteiger partial charge on any atom is -0.491 e. The number of rotatable bonds is 0. The molecule has 5 heteroatoms. The topological polar surface area (TPSA) is 46.2 Å². The van der Waals surface area contributed by atoms with Gasteiger partial charge in [0, 0.05) is 10.8 Å². The van der Waals surface area contributed by atoms with Crippen LogP contribution in [0.5, 0.6) is 11.5 Å². The summed E-state index contributed by atoms with van der Waals surface area (Å²) in [6.07, 6.45) is 0. The number of hydrogen-bond acceptors (Lipinski definition) is 5. The molecule has 0 atom stereocenters.